The number of rotatable bonds is 7. The van der Waals surface area contributed by atoms with Crippen molar-refractivity contribution in [2.75, 3.05) is 11.1 Å². The second-order valence-electron chi connectivity index (χ2n) is 4.09. The van der Waals surface area contributed by atoms with Gasteiger partial charge in [-0.15, -0.1) is 0 Å². The molecule has 0 saturated heterocycles. The van der Waals surface area contributed by atoms with Gasteiger partial charge in [0.2, 0.25) is 5.82 Å². The Balaban J connectivity index is 2.82. The molecule has 0 radical (unpaired) electrons. The summed E-state index contributed by atoms with van der Waals surface area (Å²) in [5.41, 5.74) is 5.20. The number of nitrogen functional groups attached to an aromatic ring is 1. The van der Waals surface area contributed by atoms with Crippen LogP contribution in [0, 0.1) is 10.1 Å². The van der Waals surface area contributed by atoms with Crippen molar-refractivity contribution in [1.82, 2.24) is 4.98 Å². The van der Waals surface area contributed by atoms with E-state index in [1.54, 1.807) is 0 Å². The van der Waals surface area contributed by atoms with Gasteiger partial charge in [0.05, 0.1) is 11.3 Å². The Morgan fingerprint density at radius 1 is 1.63 bits per heavy atom. The van der Waals surface area contributed by atoms with Gasteiger partial charge in [-0.1, -0.05) is 13.3 Å². The lowest BCUT2D eigenvalue weighted by atomic mass is 10.1. The van der Waals surface area contributed by atoms with Crippen molar-refractivity contribution >= 4 is 23.3 Å². The molecule has 1 aromatic heterocycles. The second-order valence-corrected chi connectivity index (χ2v) is 4.09. The molecule has 104 valence electrons. The topological polar surface area (TPSA) is 131 Å². The van der Waals surface area contributed by atoms with Gasteiger partial charge >= 0.3 is 11.7 Å². The van der Waals surface area contributed by atoms with Crippen molar-refractivity contribution in [2.45, 2.75) is 32.2 Å². The van der Waals surface area contributed by atoms with Gasteiger partial charge in [-0.25, -0.2) is 4.98 Å². The lowest BCUT2D eigenvalue weighted by Gasteiger charge is -2.16. The minimum atomic E-state index is -0.916. The number of nitrogens with one attached hydrogen (secondary N) is 1. The van der Waals surface area contributed by atoms with Crippen molar-refractivity contribution in [1.29, 1.82) is 0 Å². The van der Waals surface area contributed by atoms with E-state index in [1.165, 1.54) is 12.1 Å². The number of pyridine rings is 1. The van der Waals surface area contributed by atoms with Gasteiger partial charge in [0.25, 0.3) is 0 Å². The van der Waals surface area contributed by atoms with E-state index in [-0.39, 0.29) is 24.0 Å². The lowest BCUT2D eigenvalue weighted by Crippen LogP contribution is -2.23. The average Bonchev–Trinajstić information content (AvgIpc) is 2.27. The molecule has 8 nitrogen and oxygen atoms in total. The SMILES string of the molecule is CCCC(CC(=O)O)Nc1ccc([N+](=O)[O-])c(N)n1. The Kier molecular flexibility index (Phi) is 5.04. The predicted octanol–water partition coefficient (Wildman–Crippen LogP) is 1.63. The van der Waals surface area contributed by atoms with E-state index in [2.05, 4.69) is 10.3 Å². The molecule has 1 aromatic rings. The molecule has 1 atom stereocenters. The standard InChI is InChI=1S/C11H16N4O4/c1-2-3-7(6-10(16)17)13-9-5-4-8(15(18)19)11(12)14-9/h4-5,7H,2-3,6H2,1H3,(H,16,17)(H3,12,13,14). The van der Waals surface area contributed by atoms with Crippen LogP contribution in [0.5, 0.6) is 0 Å². The Morgan fingerprint density at radius 3 is 2.79 bits per heavy atom. The van der Waals surface area contributed by atoms with Gasteiger partial charge in [-0.05, 0) is 12.5 Å². The summed E-state index contributed by atoms with van der Waals surface area (Å²) in [6, 6.07) is 2.38. The molecular weight excluding hydrogens is 252 g/mol. The molecule has 0 amide bonds. The highest BCUT2D eigenvalue weighted by Crippen LogP contribution is 2.21. The number of nitro groups is 1. The fraction of sp³-hybridized carbons (Fsp3) is 0.455. The molecule has 0 aliphatic rings. The van der Waals surface area contributed by atoms with Gasteiger partial charge in [0.1, 0.15) is 5.82 Å². The van der Waals surface area contributed by atoms with E-state index in [1.807, 2.05) is 6.92 Å². The van der Waals surface area contributed by atoms with E-state index in [4.69, 9.17) is 10.8 Å². The number of carbonyl (C=O) groups is 1. The van der Waals surface area contributed by atoms with Crippen LogP contribution >= 0.6 is 0 Å². The van der Waals surface area contributed by atoms with Gasteiger partial charge in [0, 0.05) is 12.1 Å². The normalized spacial score (nSPS) is 11.8. The van der Waals surface area contributed by atoms with E-state index in [9.17, 15) is 14.9 Å². The first-order valence-corrected chi connectivity index (χ1v) is 5.83. The van der Waals surface area contributed by atoms with Crippen LogP contribution in [0.3, 0.4) is 0 Å². The Bertz CT molecular complexity index is 478. The highest BCUT2D eigenvalue weighted by Gasteiger charge is 2.16. The third-order valence-electron chi connectivity index (χ3n) is 2.51. The van der Waals surface area contributed by atoms with Crippen molar-refractivity contribution in [2.24, 2.45) is 0 Å². The molecule has 0 aliphatic carbocycles. The number of carboxylic acids is 1. The smallest absolute Gasteiger partial charge is 0.311 e. The number of aliphatic carboxylic acids is 1. The molecule has 0 spiro atoms. The zero-order valence-electron chi connectivity index (χ0n) is 10.5. The van der Waals surface area contributed by atoms with Crippen LogP contribution in [0.4, 0.5) is 17.3 Å². The Hall–Kier alpha value is -2.38. The van der Waals surface area contributed by atoms with Crippen molar-refractivity contribution in [3.05, 3.63) is 22.2 Å². The van der Waals surface area contributed by atoms with Crippen LogP contribution in [0.15, 0.2) is 12.1 Å². The van der Waals surface area contributed by atoms with Crippen LogP contribution < -0.4 is 11.1 Å². The first-order chi connectivity index (χ1) is 8.93. The molecule has 0 aliphatic heterocycles. The third kappa shape index (κ3) is 4.41. The van der Waals surface area contributed by atoms with E-state index >= 15 is 0 Å². The monoisotopic (exact) mass is 268 g/mol. The zero-order chi connectivity index (χ0) is 14.4. The molecule has 1 unspecified atom stereocenters. The fourth-order valence-electron chi connectivity index (χ4n) is 1.70. The number of aromatic nitrogens is 1. The largest absolute Gasteiger partial charge is 0.481 e. The van der Waals surface area contributed by atoms with Crippen LogP contribution in [-0.2, 0) is 4.79 Å². The summed E-state index contributed by atoms with van der Waals surface area (Å²) in [5.74, 6) is -0.774. The van der Waals surface area contributed by atoms with Crippen molar-refractivity contribution < 1.29 is 14.8 Å². The Labute approximate surface area is 109 Å². The Morgan fingerprint density at radius 2 is 2.32 bits per heavy atom. The minimum Gasteiger partial charge on any atom is -0.481 e. The molecule has 1 heterocycles. The number of anilines is 2. The first kappa shape index (κ1) is 14.7. The molecule has 4 N–H and O–H groups in total. The number of nitrogens with two attached hydrogens (primary N) is 1. The van der Waals surface area contributed by atoms with E-state index in [0.29, 0.717) is 12.2 Å². The number of hydrogen-bond donors (Lipinski definition) is 3. The van der Waals surface area contributed by atoms with Gasteiger partial charge in [-0.2, -0.15) is 0 Å². The second kappa shape index (κ2) is 6.53. The van der Waals surface area contributed by atoms with Crippen LogP contribution in [0.1, 0.15) is 26.2 Å². The summed E-state index contributed by atoms with van der Waals surface area (Å²) < 4.78 is 0. The maximum Gasteiger partial charge on any atom is 0.311 e. The van der Waals surface area contributed by atoms with Crippen LogP contribution in [-0.4, -0.2) is 27.0 Å². The summed E-state index contributed by atoms with van der Waals surface area (Å²) in [6.07, 6.45) is 1.42. The molecule has 19 heavy (non-hydrogen) atoms. The molecule has 0 fully saturated rings. The highest BCUT2D eigenvalue weighted by atomic mass is 16.6. The molecule has 0 aromatic carbocycles. The zero-order valence-corrected chi connectivity index (χ0v) is 10.5. The number of carboxylic acid groups (broad SMARTS) is 1. The fourth-order valence-corrected chi connectivity index (χ4v) is 1.70. The number of nitrogens with zero attached hydrogens (tertiary/aromatic N) is 2. The summed E-state index contributed by atoms with van der Waals surface area (Å²) in [4.78, 5) is 24.5. The first-order valence-electron chi connectivity index (χ1n) is 5.83. The van der Waals surface area contributed by atoms with Crippen LogP contribution in [0.25, 0.3) is 0 Å². The molecule has 8 heteroatoms. The molecule has 1 rings (SSSR count). The van der Waals surface area contributed by atoms with Crippen LogP contribution in [0.2, 0.25) is 0 Å². The molecule has 0 saturated carbocycles. The van der Waals surface area contributed by atoms with Gasteiger partial charge in [0.15, 0.2) is 0 Å². The van der Waals surface area contributed by atoms with Crippen molar-refractivity contribution in [3.63, 3.8) is 0 Å². The van der Waals surface area contributed by atoms with Gasteiger partial charge < -0.3 is 16.2 Å². The summed E-state index contributed by atoms with van der Waals surface area (Å²) >= 11 is 0. The third-order valence-corrected chi connectivity index (χ3v) is 2.51. The highest BCUT2D eigenvalue weighted by molar-refractivity contribution is 5.68. The quantitative estimate of drug-likeness (QED) is 0.505. The summed E-state index contributed by atoms with van der Waals surface area (Å²) in [5, 5.41) is 22.3. The summed E-state index contributed by atoms with van der Waals surface area (Å²) in [6.45, 7) is 1.94. The number of hydrogen-bond acceptors (Lipinski definition) is 6. The minimum absolute atomic E-state index is 0.0492. The molecular formula is C11H16N4O4. The maximum atomic E-state index is 10.7. The van der Waals surface area contributed by atoms with Crippen molar-refractivity contribution in [3.8, 4) is 0 Å². The van der Waals surface area contributed by atoms with E-state index < -0.39 is 10.9 Å². The molecule has 0 bridgehead atoms. The average molecular weight is 268 g/mol. The summed E-state index contributed by atoms with van der Waals surface area (Å²) in [7, 11) is 0. The van der Waals surface area contributed by atoms with E-state index in [0.717, 1.165) is 6.42 Å². The van der Waals surface area contributed by atoms with Gasteiger partial charge in [-0.3, -0.25) is 14.9 Å². The predicted molar refractivity (Wildman–Crippen MR) is 69.9 cm³/mol. The maximum absolute atomic E-state index is 10.7. The lowest BCUT2D eigenvalue weighted by molar-refractivity contribution is -0.384.